The molecule has 0 radical (unpaired) electrons. The zero-order valence-electron chi connectivity index (χ0n) is 16.6. The summed E-state index contributed by atoms with van der Waals surface area (Å²) in [4.78, 5) is 8.71. The average Bonchev–Trinajstić information content (AvgIpc) is 3.32. The van der Waals surface area contributed by atoms with E-state index in [-0.39, 0.29) is 0 Å². The lowest BCUT2D eigenvalue weighted by atomic mass is 10.1. The van der Waals surface area contributed by atoms with Crippen molar-refractivity contribution in [2.75, 3.05) is 32.7 Å². The Balaban J connectivity index is 1.42. The molecule has 1 unspecified atom stereocenters. The molecule has 27 heavy (non-hydrogen) atoms. The van der Waals surface area contributed by atoms with Crippen molar-refractivity contribution in [2.45, 2.75) is 33.2 Å². The van der Waals surface area contributed by atoms with Gasteiger partial charge in [0, 0.05) is 31.1 Å². The largest absolute Gasteiger partial charge is 0.357 e. The van der Waals surface area contributed by atoms with E-state index in [1.54, 1.807) is 11.3 Å². The third-order valence-electron chi connectivity index (χ3n) is 5.18. The van der Waals surface area contributed by atoms with Gasteiger partial charge in [-0.2, -0.15) is 0 Å². The van der Waals surface area contributed by atoms with E-state index in [1.807, 2.05) is 0 Å². The van der Waals surface area contributed by atoms with Crippen LogP contribution in [0.1, 0.15) is 29.3 Å². The van der Waals surface area contributed by atoms with Crippen molar-refractivity contribution >= 4 is 17.3 Å². The van der Waals surface area contributed by atoms with Crippen molar-refractivity contribution in [3.8, 4) is 0 Å². The molecule has 0 saturated carbocycles. The van der Waals surface area contributed by atoms with Crippen LogP contribution >= 0.6 is 11.3 Å². The number of aryl methyl sites for hydroxylation is 1. The topological polar surface area (TPSA) is 39.7 Å². The number of hydrogen-bond acceptors (Lipinski definition) is 3. The molecule has 146 valence electrons. The molecule has 0 bridgehead atoms. The Labute approximate surface area is 167 Å². The second-order valence-electron chi connectivity index (χ2n) is 7.29. The first kappa shape index (κ1) is 19.9. The smallest absolute Gasteiger partial charge is 0.191 e. The molecule has 0 spiro atoms. The zero-order chi connectivity index (χ0) is 18.9. The van der Waals surface area contributed by atoms with E-state index in [2.05, 4.69) is 71.2 Å². The van der Waals surface area contributed by atoms with Gasteiger partial charge >= 0.3 is 0 Å². The molecule has 2 heterocycles. The van der Waals surface area contributed by atoms with Crippen LogP contribution < -0.4 is 10.6 Å². The van der Waals surface area contributed by atoms with Crippen LogP contribution in [0.5, 0.6) is 0 Å². The molecule has 1 saturated heterocycles. The molecule has 2 N–H and O–H groups in total. The van der Waals surface area contributed by atoms with Gasteiger partial charge in [-0.3, -0.25) is 0 Å². The fourth-order valence-electron chi connectivity index (χ4n) is 3.51. The summed E-state index contributed by atoms with van der Waals surface area (Å²) in [6.07, 6.45) is 2.41. The highest BCUT2D eigenvalue weighted by molar-refractivity contribution is 7.10. The maximum Gasteiger partial charge on any atom is 0.191 e. The Morgan fingerprint density at radius 3 is 2.81 bits per heavy atom. The predicted octanol–water partition coefficient (Wildman–Crippen LogP) is 3.68. The van der Waals surface area contributed by atoms with Crippen LogP contribution in [0.25, 0.3) is 0 Å². The quantitative estimate of drug-likeness (QED) is 0.539. The highest BCUT2D eigenvalue weighted by Gasteiger charge is 2.22. The van der Waals surface area contributed by atoms with E-state index < -0.39 is 0 Å². The number of benzene rings is 1. The van der Waals surface area contributed by atoms with Gasteiger partial charge in [-0.05, 0) is 61.7 Å². The second kappa shape index (κ2) is 10.5. The molecule has 1 aromatic heterocycles. The van der Waals surface area contributed by atoms with Gasteiger partial charge in [-0.25, -0.2) is 4.99 Å². The Morgan fingerprint density at radius 2 is 2.07 bits per heavy atom. The third kappa shape index (κ3) is 6.36. The van der Waals surface area contributed by atoms with Crippen molar-refractivity contribution < 1.29 is 0 Å². The number of nitrogens with zero attached hydrogens (tertiary/aromatic N) is 2. The van der Waals surface area contributed by atoms with Crippen LogP contribution in [0.2, 0.25) is 0 Å². The normalized spacial score (nSPS) is 18.0. The zero-order valence-corrected chi connectivity index (χ0v) is 17.4. The van der Waals surface area contributed by atoms with Crippen LogP contribution in [0.15, 0.2) is 46.8 Å². The van der Waals surface area contributed by atoms with Crippen molar-refractivity contribution in [3.63, 3.8) is 0 Å². The van der Waals surface area contributed by atoms with Gasteiger partial charge in [0.2, 0.25) is 0 Å². The Hall–Kier alpha value is -1.85. The molecule has 3 rings (SSSR count). The van der Waals surface area contributed by atoms with Gasteiger partial charge in [0.15, 0.2) is 5.96 Å². The summed E-state index contributed by atoms with van der Waals surface area (Å²) in [6.45, 7) is 10.5. The Morgan fingerprint density at radius 1 is 1.22 bits per heavy atom. The number of thiophene rings is 1. The summed E-state index contributed by atoms with van der Waals surface area (Å²) >= 11 is 1.79. The fourth-order valence-corrected chi connectivity index (χ4v) is 4.34. The molecule has 4 nitrogen and oxygen atoms in total. The molecule has 1 fully saturated rings. The van der Waals surface area contributed by atoms with Gasteiger partial charge in [-0.1, -0.05) is 30.3 Å². The summed E-state index contributed by atoms with van der Waals surface area (Å²) in [6, 6.07) is 13.0. The third-order valence-corrected chi connectivity index (χ3v) is 6.19. The first-order valence-electron chi connectivity index (χ1n) is 10.1. The van der Waals surface area contributed by atoms with Gasteiger partial charge < -0.3 is 15.5 Å². The molecule has 2 aromatic rings. The molecule has 1 atom stereocenters. The van der Waals surface area contributed by atoms with Crippen LogP contribution in [-0.4, -0.2) is 43.6 Å². The summed E-state index contributed by atoms with van der Waals surface area (Å²) < 4.78 is 0. The molecule has 1 aliphatic rings. The highest BCUT2D eigenvalue weighted by Crippen LogP contribution is 2.17. The van der Waals surface area contributed by atoms with E-state index in [1.165, 1.54) is 35.5 Å². The van der Waals surface area contributed by atoms with Gasteiger partial charge in [-0.15, -0.1) is 11.3 Å². The minimum atomic E-state index is 0.702. The minimum Gasteiger partial charge on any atom is -0.357 e. The maximum atomic E-state index is 4.76. The summed E-state index contributed by atoms with van der Waals surface area (Å²) in [5, 5.41) is 9.07. The first-order chi connectivity index (χ1) is 13.2. The van der Waals surface area contributed by atoms with Gasteiger partial charge in [0.25, 0.3) is 0 Å². The summed E-state index contributed by atoms with van der Waals surface area (Å²) in [7, 11) is 0. The van der Waals surface area contributed by atoms with Gasteiger partial charge in [0.05, 0.1) is 6.54 Å². The monoisotopic (exact) mass is 384 g/mol. The summed E-state index contributed by atoms with van der Waals surface area (Å²) in [5.41, 5.74) is 2.77. The molecule has 1 aliphatic heterocycles. The van der Waals surface area contributed by atoms with E-state index in [0.717, 1.165) is 38.6 Å². The maximum absolute atomic E-state index is 4.76. The molecular formula is C22H32N4S. The molecule has 0 aliphatic carbocycles. The number of guanidine groups is 1. The van der Waals surface area contributed by atoms with Gasteiger partial charge in [0.1, 0.15) is 0 Å². The number of rotatable bonds is 8. The SMILES string of the molecule is CCNC(=NCc1sccc1C)NCC1CCN(CCc2ccccc2)C1. The molecule has 5 heteroatoms. The van der Waals surface area contributed by atoms with Crippen molar-refractivity contribution in [2.24, 2.45) is 10.9 Å². The lowest BCUT2D eigenvalue weighted by Crippen LogP contribution is -2.40. The molecular weight excluding hydrogens is 352 g/mol. The standard InChI is InChI=1S/C22H32N4S/c1-3-23-22(25-16-21-18(2)11-14-27-21)24-15-20-10-13-26(17-20)12-9-19-7-5-4-6-8-19/h4-8,11,14,20H,3,9-10,12-13,15-17H2,1-2H3,(H2,23,24,25). The van der Waals surface area contributed by atoms with E-state index >= 15 is 0 Å². The average molecular weight is 385 g/mol. The number of hydrogen-bond donors (Lipinski definition) is 2. The summed E-state index contributed by atoms with van der Waals surface area (Å²) in [5.74, 6) is 1.64. The van der Waals surface area contributed by atoms with Crippen molar-refractivity contribution in [3.05, 3.63) is 57.8 Å². The van der Waals surface area contributed by atoms with E-state index in [4.69, 9.17) is 4.99 Å². The van der Waals surface area contributed by atoms with Crippen LogP contribution in [0.4, 0.5) is 0 Å². The lowest BCUT2D eigenvalue weighted by Gasteiger charge is -2.17. The predicted molar refractivity (Wildman–Crippen MR) is 117 cm³/mol. The van der Waals surface area contributed by atoms with Crippen LogP contribution in [-0.2, 0) is 13.0 Å². The van der Waals surface area contributed by atoms with Crippen molar-refractivity contribution in [1.82, 2.24) is 15.5 Å². The number of likely N-dealkylation sites (tertiary alicyclic amines) is 1. The number of nitrogens with one attached hydrogen (secondary N) is 2. The lowest BCUT2D eigenvalue weighted by molar-refractivity contribution is 0.328. The van der Waals surface area contributed by atoms with Crippen LogP contribution in [0, 0.1) is 12.8 Å². The minimum absolute atomic E-state index is 0.702. The van der Waals surface area contributed by atoms with E-state index in [0.29, 0.717) is 5.92 Å². The fraction of sp³-hybridized carbons (Fsp3) is 0.500. The van der Waals surface area contributed by atoms with Crippen LogP contribution in [0.3, 0.4) is 0 Å². The molecule has 0 amide bonds. The number of aliphatic imine (C=N–C) groups is 1. The van der Waals surface area contributed by atoms with Crippen molar-refractivity contribution in [1.29, 1.82) is 0 Å². The van der Waals surface area contributed by atoms with E-state index in [9.17, 15) is 0 Å². The Kier molecular flexibility index (Phi) is 7.72. The highest BCUT2D eigenvalue weighted by atomic mass is 32.1. The molecule has 1 aromatic carbocycles. The Bertz CT molecular complexity index is 710. The first-order valence-corrected chi connectivity index (χ1v) is 10.9. The second-order valence-corrected chi connectivity index (χ2v) is 8.29.